The molecule has 7 heteroatoms. The van der Waals surface area contributed by atoms with Crippen molar-refractivity contribution < 1.29 is 22.9 Å². The van der Waals surface area contributed by atoms with E-state index in [2.05, 4.69) is 0 Å². The van der Waals surface area contributed by atoms with Crippen molar-refractivity contribution in [1.82, 2.24) is 0 Å². The molecule has 1 aromatic rings. The lowest BCUT2D eigenvalue weighted by atomic mass is 10.1. The lowest BCUT2D eigenvalue weighted by Gasteiger charge is -2.08. The van der Waals surface area contributed by atoms with E-state index in [0.29, 0.717) is 12.1 Å². The van der Waals surface area contributed by atoms with E-state index in [1.54, 1.807) is 5.92 Å². The number of aldehydes is 1. The van der Waals surface area contributed by atoms with Gasteiger partial charge in [-0.2, -0.15) is 13.2 Å². The van der Waals surface area contributed by atoms with E-state index < -0.39 is 27.9 Å². The summed E-state index contributed by atoms with van der Waals surface area (Å²) in [7, 11) is 0. The third-order valence-electron chi connectivity index (χ3n) is 1.79. The molecule has 0 spiro atoms. The highest BCUT2D eigenvalue weighted by Crippen LogP contribution is 2.33. The Morgan fingerprint density at radius 3 is 2.47 bits per heavy atom. The number of hydrogen-bond donors (Lipinski definition) is 0. The van der Waals surface area contributed by atoms with Crippen LogP contribution in [-0.2, 0) is 11.0 Å². The van der Waals surface area contributed by atoms with Gasteiger partial charge in [0.25, 0.3) is 5.69 Å². The number of carbonyl (C=O) groups excluding carboxylic acids is 1. The molecular weight excluding hydrogens is 239 g/mol. The fourth-order valence-corrected chi connectivity index (χ4v) is 1.10. The Balaban J connectivity index is 3.42. The third-order valence-corrected chi connectivity index (χ3v) is 1.79. The van der Waals surface area contributed by atoms with Crippen molar-refractivity contribution in [2.45, 2.75) is 6.18 Å². The SMILES string of the molecule is O=CC#Cc1cc([N+](=O)[O-])ccc1C(F)(F)F. The monoisotopic (exact) mass is 243 g/mol. The fraction of sp³-hybridized carbons (Fsp3) is 0.100. The van der Waals surface area contributed by atoms with Crippen molar-refractivity contribution in [2.75, 3.05) is 0 Å². The molecule has 88 valence electrons. The number of rotatable bonds is 1. The number of carbonyl (C=O) groups is 1. The first-order chi connectivity index (χ1) is 7.86. The summed E-state index contributed by atoms with van der Waals surface area (Å²) in [5, 5.41) is 10.4. The van der Waals surface area contributed by atoms with E-state index in [1.807, 2.05) is 5.92 Å². The van der Waals surface area contributed by atoms with Gasteiger partial charge in [0.2, 0.25) is 0 Å². The normalized spacial score (nSPS) is 10.3. The number of non-ortho nitro benzene ring substituents is 1. The van der Waals surface area contributed by atoms with Crippen LogP contribution in [0.3, 0.4) is 0 Å². The minimum Gasteiger partial charge on any atom is -0.289 e. The second-order valence-corrected chi connectivity index (χ2v) is 2.87. The average Bonchev–Trinajstić information content (AvgIpc) is 2.24. The highest BCUT2D eigenvalue weighted by atomic mass is 19.4. The first kappa shape index (κ1) is 12.7. The predicted molar refractivity (Wildman–Crippen MR) is 51.0 cm³/mol. The van der Waals surface area contributed by atoms with Gasteiger partial charge in [-0.25, -0.2) is 0 Å². The molecule has 0 N–H and O–H groups in total. The number of alkyl halides is 3. The Kier molecular flexibility index (Phi) is 3.48. The molecule has 0 fully saturated rings. The molecule has 0 aliphatic heterocycles. The molecule has 0 heterocycles. The van der Waals surface area contributed by atoms with Gasteiger partial charge in [-0.1, -0.05) is 5.92 Å². The zero-order valence-corrected chi connectivity index (χ0v) is 8.12. The minimum atomic E-state index is -4.68. The molecule has 4 nitrogen and oxygen atoms in total. The van der Waals surface area contributed by atoms with Crippen LogP contribution < -0.4 is 0 Å². The molecule has 17 heavy (non-hydrogen) atoms. The van der Waals surface area contributed by atoms with E-state index >= 15 is 0 Å². The van der Waals surface area contributed by atoms with Gasteiger partial charge in [-0.3, -0.25) is 14.9 Å². The van der Waals surface area contributed by atoms with Gasteiger partial charge >= 0.3 is 6.18 Å². The van der Waals surface area contributed by atoms with Crippen molar-refractivity contribution in [3.63, 3.8) is 0 Å². The summed E-state index contributed by atoms with van der Waals surface area (Å²) in [6.07, 6.45) is -4.57. The maximum atomic E-state index is 12.5. The smallest absolute Gasteiger partial charge is 0.289 e. The Labute approximate surface area is 93.2 Å². The van der Waals surface area contributed by atoms with Crippen molar-refractivity contribution >= 4 is 12.0 Å². The van der Waals surface area contributed by atoms with Crippen LogP contribution in [0, 0.1) is 22.0 Å². The molecule has 0 radical (unpaired) electrons. The van der Waals surface area contributed by atoms with Gasteiger partial charge in [-0.15, -0.1) is 0 Å². The summed E-state index contributed by atoms with van der Waals surface area (Å²) in [5.41, 5.74) is -2.23. The third kappa shape index (κ3) is 3.04. The molecule has 0 aliphatic carbocycles. The first-order valence-electron chi connectivity index (χ1n) is 4.17. The second-order valence-electron chi connectivity index (χ2n) is 2.87. The maximum Gasteiger partial charge on any atom is 0.417 e. The molecule has 0 aliphatic rings. The van der Waals surface area contributed by atoms with Crippen LogP contribution in [0.5, 0.6) is 0 Å². The predicted octanol–water partition coefficient (Wildman–Crippen LogP) is 2.16. The van der Waals surface area contributed by atoms with Crippen molar-refractivity contribution in [3.8, 4) is 11.8 Å². The minimum absolute atomic E-state index is 0.110. The molecule has 0 amide bonds. The summed E-state index contributed by atoms with van der Waals surface area (Å²) >= 11 is 0. The molecule has 0 unspecified atom stereocenters. The molecule has 0 atom stereocenters. The largest absolute Gasteiger partial charge is 0.417 e. The Morgan fingerprint density at radius 1 is 1.35 bits per heavy atom. The number of hydrogen-bond acceptors (Lipinski definition) is 3. The summed E-state index contributed by atoms with van der Waals surface area (Å²) in [4.78, 5) is 19.5. The first-order valence-corrected chi connectivity index (χ1v) is 4.17. The fourth-order valence-electron chi connectivity index (χ4n) is 1.10. The maximum absolute atomic E-state index is 12.5. The van der Waals surface area contributed by atoms with Gasteiger partial charge in [0.05, 0.1) is 10.5 Å². The summed E-state index contributed by atoms with van der Waals surface area (Å²) in [6, 6.07) is 1.97. The molecular formula is C10H4F3NO3. The summed E-state index contributed by atoms with van der Waals surface area (Å²) in [5.74, 6) is 3.71. The lowest BCUT2D eigenvalue weighted by molar-refractivity contribution is -0.384. The quantitative estimate of drug-likeness (QED) is 0.328. The zero-order valence-electron chi connectivity index (χ0n) is 8.12. The standard InChI is InChI=1S/C10H4F3NO3/c11-10(12,13)9-4-3-8(14(16)17)6-7(9)2-1-5-15/h3-6H. The number of benzene rings is 1. The van der Waals surface area contributed by atoms with Crippen LogP contribution in [0.2, 0.25) is 0 Å². The molecule has 0 saturated carbocycles. The van der Waals surface area contributed by atoms with Gasteiger partial charge in [-0.05, 0) is 12.0 Å². The molecule has 1 aromatic carbocycles. The van der Waals surface area contributed by atoms with Gasteiger partial charge in [0.1, 0.15) is 0 Å². The number of halogens is 3. The van der Waals surface area contributed by atoms with Gasteiger partial charge in [0, 0.05) is 17.7 Å². The van der Waals surface area contributed by atoms with E-state index in [-0.39, 0.29) is 6.29 Å². The summed E-state index contributed by atoms with van der Waals surface area (Å²) in [6.45, 7) is 0. The summed E-state index contributed by atoms with van der Waals surface area (Å²) < 4.78 is 37.4. The van der Waals surface area contributed by atoms with Gasteiger partial charge < -0.3 is 0 Å². The van der Waals surface area contributed by atoms with Crippen LogP contribution >= 0.6 is 0 Å². The number of nitro benzene ring substituents is 1. The molecule has 0 saturated heterocycles. The Hall–Kier alpha value is -2.36. The van der Waals surface area contributed by atoms with Crippen LogP contribution in [0.4, 0.5) is 18.9 Å². The van der Waals surface area contributed by atoms with Crippen molar-refractivity contribution in [2.24, 2.45) is 0 Å². The zero-order chi connectivity index (χ0) is 13.1. The van der Waals surface area contributed by atoms with E-state index in [4.69, 9.17) is 0 Å². The molecule has 0 aromatic heterocycles. The topological polar surface area (TPSA) is 60.2 Å². The molecule has 1 rings (SSSR count). The Morgan fingerprint density at radius 2 is 2.00 bits per heavy atom. The molecule has 0 bridgehead atoms. The number of nitro groups is 1. The van der Waals surface area contributed by atoms with Crippen LogP contribution in [0.1, 0.15) is 11.1 Å². The van der Waals surface area contributed by atoms with E-state index in [9.17, 15) is 28.1 Å². The number of nitrogens with zero attached hydrogens (tertiary/aromatic N) is 1. The Bertz CT molecular complexity index is 526. The second kappa shape index (κ2) is 4.65. The van der Waals surface area contributed by atoms with Crippen molar-refractivity contribution in [3.05, 3.63) is 39.4 Å². The highest BCUT2D eigenvalue weighted by molar-refractivity contribution is 5.74. The van der Waals surface area contributed by atoms with Crippen molar-refractivity contribution in [1.29, 1.82) is 0 Å². The van der Waals surface area contributed by atoms with E-state index in [0.717, 1.165) is 6.07 Å². The van der Waals surface area contributed by atoms with Crippen LogP contribution in [0.15, 0.2) is 18.2 Å². The van der Waals surface area contributed by atoms with Crippen LogP contribution in [-0.4, -0.2) is 11.2 Å². The lowest BCUT2D eigenvalue weighted by Crippen LogP contribution is -2.08. The van der Waals surface area contributed by atoms with Crippen LogP contribution in [0.25, 0.3) is 0 Å². The highest BCUT2D eigenvalue weighted by Gasteiger charge is 2.33. The van der Waals surface area contributed by atoms with Gasteiger partial charge in [0.15, 0.2) is 6.29 Å². The van der Waals surface area contributed by atoms with E-state index in [1.165, 1.54) is 0 Å². The average molecular weight is 243 g/mol.